The number of hydrogen-bond acceptors (Lipinski definition) is 2. The van der Waals surface area contributed by atoms with E-state index >= 15 is 0 Å². The molecule has 158 valence electrons. The van der Waals surface area contributed by atoms with Crippen LogP contribution in [-0.4, -0.2) is 21.9 Å². The van der Waals surface area contributed by atoms with Crippen LogP contribution in [0.25, 0.3) is 0 Å². The molecule has 4 aliphatic rings. The van der Waals surface area contributed by atoms with Crippen LogP contribution in [0.4, 0.5) is 0 Å². The van der Waals surface area contributed by atoms with Crippen LogP contribution in [-0.2, 0) is 0 Å². The van der Waals surface area contributed by atoms with Gasteiger partial charge < -0.3 is 10.2 Å². The topological polar surface area (TPSA) is 40.5 Å². The quantitative estimate of drug-likeness (QED) is 0.591. The number of hydrogen-bond donors (Lipinski definition) is 2. The third kappa shape index (κ3) is 3.23. The van der Waals surface area contributed by atoms with E-state index in [4.69, 9.17) is 0 Å². The normalized spacial score (nSPS) is 49.6. The van der Waals surface area contributed by atoms with Crippen LogP contribution in [0, 0.1) is 40.4 Å². The zero-order valence-electron chi connectivity index (χ0n) is 18.7. The highest BCUT2D eigenvalue weighted by Gasteiger charge is 2.58. The van der Waals surface area contributed by atoms with Crippen LogP contribution >= 0.6 is 0 Å². The Labute approximate surface area is 172 Å². The van der Waals surface area contributed by atoms with E-state index < -0.39 is 5.60 Å². The molecule has 2 N–H and O–H groups in total. The summed E-state index contributed by atoms with van der Waals surface area (Å²) in [7, 11) is 0. The van der Waals surface area contributed by atoms with E-state index in [2.05, 4.69) is 39.0 Å². The van der Waals surface area contributed by atoms with Crippen molar-refractivity contribution < 1.29 is 10.2 Å². The molecule has 0 aromatic carbocycles. The number of aliphatic hydroxyl groups excluding tert-OH is 1. The fourth-order valence-electron chi connectivity index (χ4n) is 7.82. The molecule has 0 bridgehead atoms. The Morgan fingerprint density at radius 3 is 2.54 bits per heavy atom. The summed E-state index contributed by atoms with van der Waals surface area (Å²) >= 11 is 0. The summed E-state index contributed by atoms with van der Waals surface area (Å²) in [6.45, 7) is 11.4. The van der Waals surface area contributed by atoms with Crippen LogP contribution < -0.4 is 0 Å². The SMILES string of the molecule is C[C@H](CC[C@@H](C)O)[C@H]1C=C[C@H]2[C@@H]3CC=C4C[C@@](C)(O)CC[C@]4(C)[C@H]3CC[C@]12C. The largest absolute Gasteiger partial charge is 0.393 e. The van der Waals surface area contributed by atoms with E-state index in [0.29, 0.717) is 28.6 Å². The lowest BCUT2D eigenvalue weighted by Crippen LogP contribution is -2.52. The molecular weight excluding hydrogens is 344 g/mol. The van der Waals surface area contributed by atoms with Crippen LogP contribution in [0.2, 0.25) is 0 Å². The maximum Gasteiger partial charge on any atom is 0.0657 e. The summed E-state index contributed by atoms with van der Waals surface area (Å²) in [6, 6.07) is 0. The number of aliphatic hydroxyl groups is 2. The van der Waals surface area contributed by atoms with Crippen molar-refractivity contribution in [3.63, 3.8) is 0 Å². The zero-order valence-corrected chi connectivity index (χ0v) is 18.7. The first-order valence-electron chi connectivity index (χ1n) is 11.9. The lowest BCUT2D eigenvalue weighted by Gasteiger charge is -2.59. The van der Waals surface area contributed by atoms with E-state index in [-0.39, 0.29) is 6.10 Å². The Morgan fingerprint density at radius 1 is 1.07 bits per heavy atom. The van der Waals surface area contributed by atoms with Crippen molar-refractivity contribution >= 4 is 0 Å². The van der Waals surface area contributed by atoms with Gasteiger partial charge >= 0.3 is 0 Å². The molecule has 2 nitrogen and oxygen atoms in total. The minimum Gasteiger partial charge on any atom is -0.393 e. The number of rotatable bonds is 4. The Hall–Kier alpha value is -0.600. The van der Waals surface area contributed by atoms with E-state index in [1.807, 2.05) is 13.8 Å². The van der Waals surface area contributed by atoms with E-state index in [9.17, 15) is 10.2 Å². The molecule has 0 amide bonds. The Kier molecular flexibility index (Phi) is 5.15. The fraction of sp³-hybridized carbons (Fsp3) is 0.846. The van der Waals surface area contributed by atoms with Crippen molar-refractivity contribution in [2.24, 2.45) is 40.4 Å². The predicted molar refractivity (Wildman–Crippen MR) is 116 cm³/mol. The minimum absolute atomic E-state index is 0.183. The fourth-order valence-corrected chi connectivity index (χ4v) is 7.82. The molecule has 2 saturated carbocycles. The molecule has 2 heteroatoms. The van der Waals surface area contributed by atoms with Gasteiger partial charge in [-0.05, 0) is 106 Å². The average Bonchev–Trinajstić information content (AvgIpc) is 2.97. The molecule has 2 fully saturated rings. The van der Waals surface area contributed by atoms with Gasteiger partial charge in [0.1, 0.15) is 0 Å². The predicted octanol–water partition coefficient (Wildman–Crippen LogP) is 5.89. The number of fused-ring (bicyclic) bond motifs is 5. The summed E-state index contributed by atoms with van der Waals surface area (Å²) in [4.78, 5) is 0. The molecule has 0 unspecified atom stereocenters. The molecule has 4 aliphatic carbocycles. The molecule has 0 radical (unpaired) electrons. The van der Waals surface area contributed by atoms with Crippen molar-refractivity contribution in [3.05, 3.63) is 23.8 Å². The van der Waals surface area contributed by atoms with Crippen LogP contribution in [0.3, 0.4) is 0 Å². The molecule has 28 heavy (non-hydrogen) atoms. The molecule has 0 aromatic rings. The van der Waals surface area contributed by atoms with Crippen molar-refractivity contribution in [2.45, 2.75) is 97.7 Å². The van der Waals surface area contributed by atoms with Gasteiger partial charge in [0.05, 0.1) is 11.7 Å². The van der Waals surface area contributed by atoms with Gasteiger partial charge in [-0.25, -0.2) is 0 Å². The van der Waals surface area contributed by atoms with Gasteiger partial charge in [0.15, 0.2) is 0 Å². The second-order valence-electron chi connectivity index (χ2n) is 11.7. The van der Waals surface area contributed by atoms with Gasteiger partial charge in [0.2, 0.25) is 0 Å². The first-order chi connectivity index (χ1) is 13.1. The van der Waals surface area contributed by atoms with Crippen molar-refractivity contribution in [1.82, 2.24) is 0 Å². The third-order valence-electron chi connectivity index (χ3n) is 9.62. The lowest BCUT2D eigenvalue weighted by atomic mass is 9.46. The Bertz CT molecular complexity index is 659. The molecule has 0 aliphatic heterocycles. The first kappa shape index (κ1) is 20.7. The van der Waals surface area contributed by atoms with Crippen molar-refractivity contribution in [2.75, 3.05) is 0 Å². The van der Waals surface area contributed by atoms with Crippen LogP contribution in [0.15, 0.2) is 23.8 Å². The van der Waals surface area contributed by atoms with Gasteiger partial charge in [0.25, 0.3) is 0 Å². The zero-order chi connectivity index (χ0) is 20.3. The first-order valence-corrected chi connectivity index (χ1v) is 11.9. The van der Waals surface area contributed by atoms with Crippen molar-refractivity contribution in [3.8, 4) is 0 Å². The van der Waals surface area contributed by atoms with E-state index in [0.717, 1.165) is 43.9 Å². The standard InChI is InChI=1S/C26H42O2/c1-17(6-7-18(2)27)21-10-11-22-20-9-8-19-16-24(3,28)14-15-25(19,4)23(20)12-13-26(21,22)5/h8,10-11,17-18,20-23,27-28H,6-7,9,12-16H2,1-5H3/t17-,18-,20+,21-,22+,23+,24+,25+,26-/m1/s1. The third-order valence-corrected chi connectivity index (χ3v) is 9.62. The molecule has 4 rings (SSSR count). The van der Waals surface area contributed by atoms with Gasteiger partial charge in [-0.2, -0.15) is 0 Å². The molecule has 0 spiro atoms. The maximum absolute atomic E-state index is 10.6. The summed E-state index contributed by atoms with van der Waals surface area (Å²) in [6.07, 6.45) is 16.4. The average molecular weight is 387 g/mol. The highest BCUT2D eigenvalue weighted by Crippen LogP contribution is 2.66. The van der Waals surface area contributed by atoms with Crippen molar-refractivity contribution in [1.29, 1.82) is 0 Å². The summed E-state index contributed by atoms with van der Waals surface area (Å²) in [5.41, 5.74) is 1.74. The molecule has 0 aromatic heterocycles. The van der Waals surface area contributed by atoms with Gasteiger partial charge in [-0.3, -0.25) is 0 Å². The highest BCUT2D eigenvalue weighted by atomic mass is 16.3. The van der Waals surface area contributed by atoms with Crippen LogP contribution in [0.5, 0.6) is 0 Å². The highest BCUT2D eigenvalue weighted by molar-refractivity contribution is 5.29. The second-order valence-corrected chi connectivity index (χ2v) is 11.7. The maximum atomic E-state index is 10.6. The molecule has 0 heterocycles. The summed E-state index contributed by atoms with van der Waals surface area (Å²) in [5, 5.41) is 20.4. The smallest absolute Gasteiger partial charge is 0.0657 e. The summed E-state index contributed by atoms with van der Waals surface area (Å²) in [5.74, 6) is 3.54. The van der Waals surface area contributed by atoms with E-state index in [1.165, 1.54) is 19.3 Å². The molecular formula is C26H42O2. The van der Waals surface area contributed by atoms with E-state index in [1.54, 1.807) is 5.57 Å². The minimum atomic E-state index is -0.501. The molecule has 0 saturated heterocycles. The Morgan fingerprint density at radius 2 is 1.82 bits per heavy atom. The monoisotopic (exact) mass is 386 g/mol. The Balaban J connectivity index is 1.55. The van der Waals surface area contributed by atoms with Gasteiger partial charge in [-0.1, -0.05) is 44.6 Å². The lowest BCUT2D eigenvalue weighted by molar-refractivity contribution is -0.0640. The summed E-state index contributed by atoms with van der Waals surface area (Å²) < 4.78 is 0. The second kappa shape index (κ2) is 6.98. The van der Waals surface area contributed by atoms with Crippen LogP contribution in [0.1, 0.15) is 86.0 Å². The molecule has 9 atom stereocenters. The number of allylic oxidation sites excluding steroid dienone is 3. The van der Waals surface area contributed by atoms with Gasteiger partial charge in [0, 0.05) is 0 Å². The van der Waals surface area contributed by atoms with Gasteiger partial charge in [-0.15, -0.1) is 0 Å².